The third kappa shape index (κ3) is 4.10. The van der Waals surface area contributed by atoms with Crippen molar-refractivity contribution in [1.82, 2.24) is 20.5 Å². The molecule has 166 valence electrons. The van der Waals surface area contributed by atoms with Gasteiger partial charge in [0.05, 0.1) is 5.69 Å². The average Bonchev–Trinajstić information content (AvgIpc) is 3.37. The summed E-state index contributed by atoms with van der Waals surface area (Å²) >= 11 is 0. The Kier molecular flexibility index (Phi) is 5.61. The van der Waals surface area contributed by atoms with E-state index in [2.05, 4.69) is 15.6 Å². The molecule has 2 fully saturated rings. The maximum atomic E-state index is 12.9. The van der Waals surface area contributed by atoms with Crippen LogP contribution in [0.5, 0.6) is 5.75 Å². The SMILES string of the molecule is O=C1CCC(N2Cc3cc(OC4CCCC4NCc4ccccn4)ccc3C2=O)C(=O)N1. The maximum Gasteiger partial charge on any atom is 0.255 e. The first-order chi connectivity index (χ1) is 15.6. The number of pyridine rings is 1. The van der Waals surface area contributed by atoms with Crippen LogP contribution < -0.4 is 15.4 Å². The number of carbonyl (C=O) groups excluding carboxylic acids is 3. The molecule has 8 heteroatoms. The second-order valence-electron chi connectivity index (χ2n) is 8.61. The predicted molar refractivity (Wildman–Crippen MR) is 116 cm³/mol. The number of hydrogen-bond donors (Lipinski definition) is 2. The highest BCUT2D eigenvalue weighted by Crippen LogP contribution is 2.32. The molecule has 3 aliphatic rings. The first-order valence-electron chi connectivity index (χ1n) is 11.2. The van der Waals surface area contributed by atoms with Crippen LogP contribution in [0.2, 0.25) is 0 Å². The van der Waals surface area contributed by atoms with Crippen LogP contribution in [-0.2, 0) is 22.7 Å². The lowest BCUT2D eigenvalue weighted by atomic mass is 10.0. The number of fused-ring (bicyclic) bond motifs is 1. The van der Waals surface area contributed by atoms with E-state index in [4.69, 9.17) is 4.74 Å². The van der Waals surface area contributed by atoms with Crippen LogP contribution in [0.25, 0.3) is 0 Å². The minimum atomic E-state index is -0.605. The van der Waals surface area contributed by atoms with Crippen molar-refractivity contribution < 1.29 is 19.1 Å². The van der Waals surface area contributed by atoms with Gasteiger partial charge < -0.3 is 15.0 Å². The molecule has 1 saturated carbocycles. The van der Waals surface area contributed by atoms with Crippen LogP contribution in [0.3, 0.4) is 0 Å². The molecule has 2 N–H and O–H groups in total. The lowest BCUT2D eigenvalue weighted by molar-refractivity contribution is -0.136. The molecule has 1 aromatic carbocycles. The van der Waals surface area contributed by atoms with Gasteiger partial charge in [-0.15, -0.1) is 0 Å². The van der Waals surface area contributed by atoms with Crippen LogP contribution in [-0.4, -0.2) is 45.8 Å². The Morgan fingerprint density at radius 1 is 1.12 bits per heavy atom. The zero-order valence-electron chi connectivity index (χ0n) is 17.8. The molecular formula is C24H26N4O4. The number of nitrogens with zero attached hydrogens (tertiary/aromatic N) is 2. The summed E-state index contributed by atoms with van der Waals surface area (Å²) in [6, 6.07) is 11.1. The van der Waals surface area contributed by atoms with Crippen LogP contribution >= 0.6 is 0 Å². The molecule has 1 saturated heterocycles. The molecule has 1 aromatic heterocycles. The molecule has 2 aromatic rings. The molecule has 5 rings (SSSR count). The van der Waals surface area contributed by atoms with Crippen molar-refractivity contribution in [3.63, 3.8) is 0 Å². The third-order valence-electron chi connectivity index (χ3n) is 6.51. The number of aromatic nitrogens is 1. The highest BCUT2D eigenvalue weighted by Gasteiger charge is 2.39. The average molecular weight is 434 g/mol. The third-order valence-corrected chi connectivity index (χ3v) is 6.51. The number of carbonyl (C=O) groups is 3. The van der Waals surface area contributed by atoms with Gasteiger partial charge in [0.25, 0.3) is 5.91 Å². The second kappa shape index (κ2) is 8.70. The van der Waals surface area contributed by atoms with Crippen molar-refractivity contribution in [1.29, 1.82) is 0 Å². The molecule has 0 bridgehead atoms. The summed E-state index contributed by atoms with van der Waals surface area (Å²) in [5.74, 6) is -0.115. The number of piperidine rings is 1. The van der Waals surface area contributed by atoms with E-state index in [1.807, 2.05) is 30.3 Å². The lowest BCUT2D eigenvalue weighted by Gasteiger charge is -2.29. The molecule has 8 nitrogen and oxygen atoms in total. The van der Waals surface area contributed by atoms with Crippen molar-refractivity contribution >= 4 is 17.7 Å². The van der Waals surface area contributed by atoms with Gasteiger partial charge in [-0.25, -0.2) is 0 Å². The Hall–Kier alpha value is -3.26. The smallest absolute Gasteiger partial charge is 0.255 e. The maximum absolute atomic E-state index is 12.9. The summed E-state index contributed by atoms with van der Waals surface area (Å²) in [7, 11) is 0. The van der Waals surface area contributed by atoms with Crippen molar-refractivity contribution in [2.24, 2.45) is 0 Å². The minimum Gasteiger partial charge on any atom is -0.489 e. The van der Waals surface area contributed by atoms with E-state index in [1.54, 1.807) is 17.2 Å². The molecule has 32 heavy (non-hydrogen) atoms. The van der Waals surface area contributed by atoms with Gasteiger partial charge in [-0.05, 0) is 61.6 Å². The summed E-state index contributed by atoms with van der Waals surface area (Å²) in [6.45, 7) is 1.05. The Morgan fingerprint density at radius 2 is 2.03 bits per heavy atom. The number of amides is 3. The van der Waals surface area contributed by atoms with Gasteiger partial charge in [0, 0.05) is 37.3 Å². The van der Waals surface area contributed by atoms with Crippen molar-refractivity contribution in [3.05, 3.63) is 59.4 Å². The Balaban J connectivity index is 1.24. The van der Waals surface area contributed by atoms with Crippen LogP contribution in [0.4, 0.5) is 0 Å². The fraction of sp³-hybridized carbons (Fsp3) is 0.417. The van der Waals surface area contributed by atoms with E-state index < -0.39 is 11.9 Å². The largest absolute Gasteiger partial charge is 0.489 e. The summed E-state index contributed by atoms with van der Waals surface area (Å²) in [5.41, 5.74) is 2.45. The summed E-state index contributed by atoms with van der Waals surface area (Å²) in [4.78, 5) is 42.4. The number of benzene rings is 1. The Labute approximate surface area is 186 Å². The van der Waals surface area contributed by atoms with E-state index in [-0.39, 0.29) is 30.4 Å². The van der Waals surface area contributed by atoms with Crippen LogP contribution in [0.1, 0.15) is 53.7 Å². The molecule has 3 atom stereocenters. The van der Waals surface area contributed by atoms with E-state index in [0.717, 1.165) is 36.3 Å². The zero-order chi connectivity index (χ0) is 22.1. The molecule has 3 heterocycles. The van der Waals surface area contributed by atoms with E-state index in [9.17, 15) is 14.4 Å². The quantitative estimate of drug-likeness (QED) is 0.674. The molecule has 1 aliphatic carbocycles. The lowest BCUT2D eigenvalue weighted by Crippen LogP contribution is -2.52. The fourth-order valence-corrected chi connectivity index (χ4v) is 4.84. The van der Waals surface area contributed by atoms with Crippen molar-refractivity contribution in [2.75, 3.05) is 0 Å². The van der Waals surface area contributed by atoms with Crippen LogP contribution in [0.15, 0.2) is 42.6 Å². The molecule has 3 unspecified atom stereocenters. The first kappa shape index (κ1) is 20.6. The number of nitrogens with one attached hydrogen (secondary N) is 2. The standard InChI is InChI=1S/C24H26N4O4/c29-22-10-9-20(23(30)27-22)28-14-15-12-17(7-8-18(15)24(28)31)32-21-6-3-5-19(21)26-13-16-4-1-2-11-25-16/h1-2,4,7-8,11-12,19-21,26H,3,5-6,9-10,13-14H2,(H,27,29,30). The molecule has 0 radical (unpaired) electrons. The molecule has 3 amide bonds. The normalized spacial score (nSPS) is 25.1. The molecular weight excluding hydrogens is 408 g/mol. The van der Waals surface area contributed by atoms with E-state index >= 15 is 0 Å². The Bertz CT molecular complexity index is 1040. The highest BCUT2D eigenvalue weighted by atomic mass is 16.5. The van der Waals surface area contributed by atoms with E-state index in [0.29, 0.717) is 25.1 Å². The van der Waals surface area contributed by atoms with Gasteiger partial charge >= 0.3 is 0 Å². The summed E-state index contributed by atoms with van der Waals surface area (Å²) in [5, 5.41) is 5.90. The Morgan fingerprint density at radius 3 is 2.84 bits per heavy atom. The van der Waals surface area contributed by atoms with Gasteiger partial charge in [-0.1, -0.05) is 6.07 Å². The van der Waals surface area contributed by atoms with Crippen LogP contribution in [0, 0.1) is 0 Å². The highest BCUT2D eigenvalue weighted by molar-refractivity contribution is 6.05. The number of rotatable bonds is 6. The summed E-state index contributed by atoms with van der Waals surface area (Å²) < 4.78 is 6.32. The van der Waals surface area contributed by atoms with E-state index in [1.165, 1.54) is 0 Å². The van der Waals surface area contributed by atoms with Gasteiger partial charge in [-0.2, -0.15) is 0 Å². The number of hydrogen-bond acceptors (Lipinski definition) is 6. The van der Waals surface area contributed by atoms with Gasteiger partial charge in [0.1, 0.15) is 17.9 Å². The van der Waals surface area contributed by atoms with Gasteiger partial charge in [0.15, 0.2) is 0 Å². The second-order valence-corrected chi connectivity index (χ2v) is 8.61. The molecule has 2 aliphatic heterocycles. The monoisotopic (exact) mass is 434 g/mol. The topological polar surface area (TPSA) is 101 Å². The number of ether oxygens (including phenoxy) is 1. The first-order valence-corrected chi connectivity index (χ1v) is 11.2. The van der Waals surface area contributed by atoms with Gasteiger partial charge in [-0.3, -0.25) is 24.7 Å². The zero-order valence-corrected chi connectivity index (χ0v) is 17.8. The fourth-order valence-electron chi connectivity index (χ4n) is 4.84. The predicted octanol–water partition coefficient (Wildman–Crippen LogP) is 1.93. The molecule has 0 spiro atoms. The van der Waals surface area contributed by atoms with Crippen molar-refractivity contribution in [3.8, 4) is 5.75 Å². The number of imide groups is 1. The summed E-state index contributed by atoms with van der Waals surface area (Å²) in [6.07, 6.45) is 5.57. The minimum absolute atomic E-state index is 0.0557. The van der Waals surface area contributed by atoms with Gasteiger partial charge in [0.2, 0.25) is 11.8 Å². The van der Waals surface area contributed by atoms with Crippen molar-refractivity contribution in [2.45, 2.75) is 63.4 Å².